The second-order valence-corrected chi connectivity index (χ2v) is 6.43. The molecule has 1 aromatic carbocycles. The molecule has 1 fully saturated rings. The predicted molar refractivity (Wildman–Crippen MR) is 100 cm³/mol. The summed E-state index contributed by atoms with van der Waals surface area (Å²) in [5.41, 5.74) is 0.656. The first-order valence-corrected chi connectivity index (χ1v) is 8.52. The van der Waals surface area contributed by atoms with Gasteiger partial charge in [0.2, 0.25) is 0 Å². The number of pyridine rings is 1. The number of nitrogens with one attached hydrogen (secondary N) is 1. The van der Waals surface area contributed by atoms with Crippen molar-refractivity contribution < 1.29 is 19.1 Å². The zero-order chi connectivity index (χ0) is 19.6. The molecule has 138 valence electrons. The quantitative estimate of drug-likeness (QED) is 0.645. The topological polar surface area (TPSA) is 88.6 Å². The molecule has 3 rings (SSSR count). The lowest BCUT2D eigenvalue weighted by molar-refractivity contribution is -0.122. The lowest BCUT2D eigenvalue weighted by atomic mass is 10.1. The van der Waals surface area contributed by atoms with Gasteiger partial charge in [0.25, 0.3) is 11.8 Å². The molecule has 0 radical (unpaired) electrons. The van der Waals surface area contributed by atoms with Crippen LogP contribution < -0.4 is 15.0 Å². The van der Waals surface area contributed by atoms with Gasteiger partial charge in [-0.2, -0.15) is 0 Å². The number of hydrogen-bond donors (Lipinski definition) is 1. The van der Waals surface area contributed by atoms with E-state index in [0.29, 0.717) is 22.0 Å². The van der Waals surface area contributed by atoms with Crippen LogP contribution in [0.25, 0.3) is 6.08 Å². The van der Waals surface area contributed by atoms with Gasteiger partial charge < -0.3 is 4.74 Å². The number of aromatic nitrogens is 1. The van der Waals surface area contributed by atoms with E-state index >= 15 is 0 Å². The molecular weight excluding hydrogens is 370 g/mol. The number of imide groups is 2. The highest BCUT2D eigenvalue weighted by molar-refractivity contribution is 6.39. The van der Waals surface area contributed by atoms with Gasteiger partial charge in [0.1, 0.15) is 11.3 Å². The molecule has 0 bridgehead atoms. The van der Waals surface area contributed by atoms with Crippen LogP contribution in [-0.4, -0.2) is 28.9 Å². The molecule has 2 aromatic rings. The summed E-state index contributed by atoms with van der Waals surface area (Å²) in [5.74, 6) is -0.996. The number of carbonyl (C=O) groups excluding carboxylic acids is 3. The summed E-state index contributed by atoms with van der Waals surface area (Å²) in [6.45, 7) is 3.75. The van der Waals surface area contributed by atoms with Crippen LogP contribution in [0.15, 0.2) is 48.3 Å². The fourth-order valence-corrected chi connectivity index (χ4v) is 2.74. The molecule has 2 heterocycles. The number of ether oxygens (including phenoxy) is 1. The number of hydrogen-bond acceptors (Lipinski definition) is 5. The molecular formula is C19H16ClN3O4. The summed E-state index contributed by atoms with van der Waals surface area (Å²) in [4.78, 5) is 41.8. The first kappa shape index (κ1) is 18.6. The summed E-state index contributed by atoms with van der Waals surface area (Å²) < 4.78 is 5.56. The van der Waals surface area contributed by atoms with E-state index in [1.165, 1.54) is 30.6 Å². The van der Waals surface area contributed by atoms with Crippen molar-refractivity contribution in [1.29, 1.82) is 0 Å². The van der Waals surface area contributed by atoms with E-state index in [1.807, 2.05) is 13.8 Å². The van der Waals surface area contributed by atoms with Crippen LogP contribution in [0.2, 0.25) is 5.02 Å². The van der Waals surface area contributed by atoms with Crippen molar-refractivity contribution in [3.05, 3.63) is 58.9 Å². The Morgan fingerprint density at radius 2 is 1.85 bits per heavy atom. The maximum Gasteiger partial charge on any atom is 0.335 e. The van der Waals surface area contributed by atoms with Crippen LogP contribution in [0, 0.1) is 0 Å². The minimum Gasteiger partial charge on any atom is -0.489 e. The van der Waals surface area contributed by atoms with Crippen molar-refractivity contribution in [2.75, 3.05) is 4.90 Å². The second-order valence-electron chi connectivity index (χ2n) is 6.02. The predicted octanol–water partition coefficient (Wildman–Crippen LogP) is 3.19. The third kappa shape index (κ3) is 3.98. The second kappa shape index (κ2) is 7.59. The third-order valence-corrected chi connectivity index (χ3v) is 3.95. The van der Waals surface area contributed by atoms with Crippen LogP contribution in [0.4, 0.5) is 10.5 Å². The first-order valence-electron chi connectivity index (χ1n) is 8.14. The van der Waals surface area contributed by atoms with E-state index in [9.17, 15) is 14.4 Å². The van der Waals surface area contributed by atoms with Crippen LogP contribution in [0.5, 0.6) is 5.75 Å². The number of urea groups is 1. The lowest BCUT2D eigenvalue weighted by Crippen LogP contribution is -2.54. The monoisotopic (exact) mass is 385 g/mol. The summed E-state index contributed by atoms with van der Waals surface area (Å²) in [6, 6.07) is 7.10. The Bertz CT molecular complexity index is 941. The zero-order valence-electron chi connectivity index (χ0n) is 14.6. The van der Waals surface area contributed by atoms with Gasteiger partial charge in [0.15, 0.2) is 0 Å². The molecule has 0 unspecified atom stereocenters. The molecule has 0 spiro atoms. The molecule has 1 saturated heterocycles. The van der Waals surface area contributed by atoms with E-state index in [0.717, 1.165) is 4.90 Å². The van der Waals surface area contributed by atoms with Gasteiger partial charge in [-0.3, -0.25) is 19.9 Å². The van der Waals surface area contributed by atoms with Gasteiger partial charge >= 0.3 is 6.03 Å². The molecule has 1 aromatic heterocycles. The average Bonchev–Trinajstić information content (AvgIpc) is 2.61. The fraction of sp³-hybridized carbons (Fsp3) is 0.158. The number of anilines is 1. The maximum absolute atomic E-state index is 12.7. The molecule has 1 N–H and O–H groups in total. The molecule has 0 aliphatic carbocycles. The van der Waals surface area contributed by atoms with Gasteiger partial charge in [-0.15, -0.1) is 0 Å². The molecule has 4 amide bonds. The number of amides is 4. The highest BCUT2D eigenvalue weighted by Crippen LogP contribution is 2.28. The van der Waals surface area contributed by atoms with E-state index in [-0.39, 0.29) is 11.7 Å². The Kier molecular flexibility index (Phi) is 5.23. The Balaban J connectivity index is 1.95. The van der Waals surface area contributed by atoms with Gasteiger partial charge in [0.05, 0.1) is 16.8 Å². The normalized spacial score (nSPS) is 16.1. The number of barbiturate groups is 1. The summed E-state index contributed by atoms with van der Waals surface area (Å²) in [5, 5.41) is 2.51. The van der Waals surface area contributed by atoms with Crippen molar-refractivity contribution in [2.24, 2.45) is 0 Å². The first-order chi connectivity index (χ1) is 12.9. The maximum atomic E-state index is 12.7. The number of nitrogens with zero attached hydrogens (tertiary/aromatic N) is 2. The fourth-order valence-electron chi connectivity index (χ4n) is 2.51. The SMILES string of the molecule is CC(C)Oc1ccc(/C=C2\C(=O)NC(=O)N(c3ccncc3)C2=O)cc1Cl. The van der Waals surface area contributed by atoms with E-state index in [4.69, 9.17) is 16.3 Å². The summed E-state index contributed by atoms with van der Waals surface area (Å²) >= 11 is 6.20. The highest BCUT2D eigenvalue weighted by Gasteiger charge is 2.36. The zero-order valence-corrected chi connectivity index (χ0v) is 15.4. The minimum absolute atomic E-state index is 0.0441. The van der Waals surface area contributed by atoms with E-state index < -0.39 is 17.8 Å². The van der Waals surface area contributed by atoms with Gasteiger partial charge in [0, 0.05) is 12.4 Å². The van der Waals surface area contributed by atoms with Crippen molar-refractivity contribution in [2.45, 2.75) is 20.0 Å². The number of benzene rings is 1. The Labute approximate surface area is 160 Å². The summed E-state index contributed by atoms with van der Waals surface area (Å²) in [7, 11) is 0. The molecule has 0 atom stereocenters. The van der Waals surface area contributed by atoms with Gasteiger partial charge in [-0.1, -0.05) is 17.7 Å². The van der Waals surface area contributed by atoms with E-state index in [2.05, 4.69) is 10.3 Å². The highest BCUT2D eigenvalue weighted by atomic mass is 35.5. The molecule has 1 aliphatic heterocycles. The Morgan fingerprint density at radius 3 is 2.48 bits per heavy atom. The molecule has 0 saturated carbocycles. The standard InChI is InChI=1S/C19H16ClN3O4/c1-11(2)27-16-4-3-12(10-15(16)20)9-14-17(24)22-19(26)23(18(14)25)13-5-7-21-8-6-13/h3-11H,1-2H3,(H,22,24,26)/b14-9+. The van der Waals surface area contributed by atoms with Crippen molar-refractivity contribution >= 4 is 41.2 Å². The molecule has 8 heteroatoms. The van der Waals surface area contributed by atoms with Crippen LogP contribution in [-0.2, 0) is 9.59 Å². The van der Waals surface area contributed by atoms with E-state index in [1.54, 1.807) is 18.2 Å². The van der Waals surface area contributed by atoms with Crippen LogP contribution in [0.3, 0.4) is 0 Å². The van der Waals surface area contributed by atoms with Crippen LogP contribution >= 0.6 is 11.6 Å². The Morgan fingerprint density at radius 1 is 1.15 bits per heavy atom. The van der Waals surface area contributed by atoms with Crippen LogP contribution in [0.1, 0.15) is 19.4 Å². The summed E-state index contributed by atoms with van der Waals surface area (Å²) in [6.07, 6.45) is 4.23. The molecule has 1 aliphatic rings. The smallest absolute Gasteiger partial charge is 0.335 e. The molecule has 7 nitrogen and oxygen atoms in total. The average molecular weight is 386 g/mol. The number of rotatable bonds is 4. The van der Waals surface area contributed by atoms with Gasteiger partial charge in [-0.05, 0) is 49.8 Å². The van der Waals surface area contributed by atoms with Crippen molar-refractivity contribution in [1.82, 2.24) is 10.3 Å². The third-order valence-electron chi connectivity index (χ3n) is 3.65. The Hall–Kier alpha value is -3.19. The number of carbonyl (C=O) groups is 3. The lowest BCUT2D eigenvalue weighted by Gasteiger charge is -2.26. The molecule has 27 heavy (non-hydrogen) atoms. The van der Waals surface area contributed by atoms with Gasteiger partial charge in [-0.25, -0.2) is 9.69 Å². The minimum atomic E-state index is -0.813. The largest absolute Gasteiger partial charge is 0.489 e. The van der Waals surface area contributed by atoms with Crippen molar-refractivity contribution in [3.8, 4) is 5.75 Å². The number of halogens is 1. The van der Waals surface area contributed by atoms with Crippen molar-refractivity contribution in [3.63, 3.8) is 0 Å².